The minimum absolute atomic E-state index is 1.36. The molecule has 0 aliphatic heterocycles. The summed E-state index contributed by atoms with van der Waals surface area (Å²) < 4.78 is 0. The molecular formula is C10H24O6. The molecule has 0 spiro atoms. The molecule has 0 amide bonds. The van der Waals surface area contributed by atoms with Gasteiger partial charge < -0.3 is 20.4 Å². The number of rotatable bonds is 3. The van der Waals surface area contributed by atoms with Crippen LogP contribution in [0.2, 0.25) is 0 Å². The van der Waals surface area contributed by atoms with Crippen LogP contribution in [-0.2, 0) is 0 Å². The second-order valence-electron chi connectivity index (χ2n) is 2.27. The van der Waals surface area contributed by atoms with E-state index in [0.29, 0.717) is 0 Å². The Morgan fingerprint density at radius 2 is 0.875 bits per heavy atom. The largest absolute Gasteiger partial charge is 0.503 e. The third kappa shape index (κ3) is 704. The van der Waals surface area contributed by atoms with Crippen molar-refractivity contribution >= 4 is 12.3 Å². The molecule has 0 radical (unpaired) electrons. The summed E-state index contributed by atoms with van der Waals surface area (Å²) in [5, 5.41) is 27.9. The van der Waals surface area contributed by atoms with E-state index in [1.165, 1.54) is 25.7 Å². The average molecular weight is 240 g/mol. The molecule has 6 nitrogen and oxygen atoms in total. The van der Waals surface area contributed by atoms with Crippen LogP contribution in [0.25, 0.3) is 0 Å². The Bertz CT molecular complexity index is 111. The highest BCUT2D eigenvalue weighted by molar-refractivity contribution is 5.53. The lowest BCUT2D eigenvalue weighted by atomic mass is 10.2. The summed E-state index contributed by atoms with van der Waals surface area (Å²) in [4.78, 5) is 17.1. The molecular weight excluding hydrogens is 216 g/mol. The van der Waals surface area contributed by atoms with E-state index in [-0.39, 0.29) is 0 Å². The molecule has 100 valence electrons. The van der Waals surface area contributed by atoms with Gasteiger partial charge in [0.1, 0.15) is 0 Å². The maximum atomic E-state index is 8.56. The summed E-state index contributed by atoms with van der Waals surface area (Å²) in [5.74, 6) is 0. The SMILES string of the molecule is CC.CCCCCC.O=C(O)O.O=C(O)O. The standard InChI is InChI=1S/C6H14.C2H6.2CH2O3/c1-3-5-6-4-2;1-2;2*2-1(3)4/h3-6H2,1-2H3;1-2H3;2*(H2,2,3,4). The minimum atomic E-state index is -1.83. The molecule has 4 N–H and O–H groups in total. The van der Waals surface area contributed by atoms with Gasteiger partial charge in [-0.1, -0.05) is 53.4 Å². The fourth-order valence-corrected chi connectivity index (χ4v) is 0.500. The summed E-state index contributed by atoms with van der Waals surface area (Å²) in [6.07, 6.45) is 1.87. The molecule has 16 heavy (non-hydrogen) atoms. The van der Waals surface area contributed by atoms with Gasteiger partial charge in [-0.15, -0.1) is 0 Å². The first-order chi connectivity index (χ1) is 7.38. The molecule has 0 unspecified atom stereocenters. The predicted octanol–water partition coefficient (Wildman–Crippen LogP) is 4.06. The van der Waals surface area contributed by atoms with Crippen LogP contribution in [-0.4, -0.2) is 32.7 Å². The van der Waals surface area contributed by atoms with Crippen molar-refractivity contribution in [1.29, 1.82) is 0 Å². The number of unbranched alkanes of at least 4 members (excludes halogenated alkanes) is 3. The molecule has 6 heteroatoms. The molecule has 0 heterocycles. The van der Waals surface area contributed by atoms with Gasteiger partial charge in [0.2, 0.25) is 0 Å². The number of carboxylic acid groups (broad SMARTS) is 4. The van der Waals surface area contributed by atoms with Gasteiger partial charge in [0, 0.05) is 0 Å². The molecule has 0 aliphatic carbocycles. The topological polar surface area (TPSA) is 115 Å². The molecule has 0 rings (SSSR count). The van der Waals surface area contributed by atoms with Crippen LogP contribution in [0, 0.1) is 0 Å². The van der Waals surface area contributed by atoms with Crippen LogP contribution < -0.4 is 0 Å². The molecule has 0 saturated heterocycles. The zero-order valence-corrected chi connectivity index (χ0v) is 10.4. The summed E-state index contributed by atoms with van der Waals surface area (Å²) >= 11 is 0. The van der Waals surface area contributed by atoms with Crippen molar-refractivity contribution in [3.63, 3.8) is 0 Å². The maximum absolute atomic E-state index is 8.56. The molecule has 0 atom stereocenters. The molecule has 0 aromatic heterocycles. The highest BCUT2D eigenvalue weighted by Crippen LogP contribution is 1.95. The quantitative estimate of drug-likeness (QED) is 0.553. The van der Waals surface area contributed by atoms with E-state index < -0.39 is 12.3 Å². The fourth-order valence-electron chi connectivity index (χ4n) is 0.500. The van der Waals surface area contributed by atoms with Crippen molar-refractivity contribution < 1.29 is 30.0 Å². The van der Waals surface area contributed by atoms with Crippen molar-refractivity contribution in [3.05, 3.63) is 0 Å². The van der Waals surface area contributed by atoms with Crippen molar-refractivity contribution in [3.8, 4) is 0 Å². The minimum Gasteiger partial charge on any atom is -0.450 e. The van der Waals surface area contributed by atoms with E-state index in [2.05, 4.69) is 13.8 Å². The monoisotopic (exact) mass is 240 g/mol. The first kappa shape index (κ1) is 24.0. The van der Waals surface area contributed by atoms with Gasteiger partial charge >= 0.3 is 12.3 Å². The Labute approximate surface area is 96.5 Å². The zero-order chi connectivity index (χ0) is 14.0. The number of hydrogen-bond acceptors (Lipinski definition) is 2. The first-order valence-corrected chi connectivity index (χ1v) is 5.22. The number of carbonyl (C=O) groups is 2. The van der Waals surface area contributed by atoms with Crippen LogP contribution in [0.4, 0.5) is 9.59 Å². The average Bonchev–Trinajstić information content (AvgIpc) is 2.16. The third-order valence-electron chi connectivity index (χ3n) is 0.957. The van der Waals surface area contributed by atoms with Gasteiger partial charge in [0.05, 0.1) is 0 Å². The molecule has 0 saturated carbocycles. The Morgan fingerprint density at radius 3 is 0.938 bits per heavy atom. The van der Waals surface area contributed by atoms with Gasteiger partial charge in [-0.25, -0.2) is 9.59 Å². The van der Waals surface area contributed by atoms with E-state index >= 15 is 0 Å². The van der Waals surface area contributed by atoms with E-state index in [9.17, 15) is 0 Å². The lowest BCUT2D eigenvalue weighted by Crippen LogP contribution is -1.81. The Balaban J connectivity index is -0.0000000643. The molecule has 0 aromatic carbocycles. The highest BCUT2D eigenvalue weighted by atomic mass is 16.6. The van der Waals surface area contributed by atoms with E-state index in [0.717, 1.165) is 0 Å². The van der Waals surface area contributed by atoms with Crippen molar-refractivity contribution in [1.82, 2.24) is 0 Å². The summed E-state index contributed by atoms with van der Waals surface area (Å²) in [5.41, 5.74) is 0. The third-order valence-corrected chi connectivity index (χ3v) is 0.957. The smallest absolute Gasteiger partial charge is 0.450 e. The second-order valence-corrected chi connectivity index (χ2v) is 2.27. The lowest BCUT2D eigenvalue weighted by molar-refractivity contribution is 0.135. The highest BCUT2D eigenvalue weighted by Gasteiger charge is 1.75. The first-order valence-electron chi connectivity index (χ1n) is 5.22. The van der Waals surface area contributed by atoms with Gasteiger partial charge in [-0.3, -0.25) is 0 Å². The van der Waals surface area contributed by atoms with Gasteiger partial charge in [-0.2, -0.15) is 0 Å². The van der Waals surface area contributed by atoms with Crippen LogP contribution in [0.15, 0.2) is 0 Å². The van der Waals surface area contributed by atoms with Crippen molar-refractivity contribution in [2.24, 2.45) is 0 Å². The number of hydrogen-bond donors (Lipinski definition) is 4. The zero-order valence-electron chi connectivity index (χ0n) is 10.4. The molecule has 0 aromatic rings. The van der Waals surface area contributed by atoms with E-state index in [1.807, 2.05) is 13.8 Å². The summed E-state index contributed by atoms with van der Waals surface area (Å²) in [6, 6.07) is 0. The Morgan fingerprint density at radius 1 is 0.750 bits per heavy atom. The van der Waals surface area contributed by atoms with Gasteiger partial charge in [0.15, 0.2) is 0 Å². The summed E-state index contributed by atoms with van der Waals surface area (Å²) in [7, 11) is 0. The van der Waals surface area contributed by atoms with E-state index in [1.54, 1.807) is 0 Å². The normalized spacial score (nSPS) is 6.75. The van der Waals surface area contributed by atoms with E-state index in [4.69, 9.17) is 30.0 Å². The predicted molar refractivity (Wildman–Crippen MR) is 62.5 cm³/mol. The molecule has 0 aliphatic rings. The maximum Gasteiger partial charge on any atom is 0.503 e. The van der Waals surface area contributed by atoms with Crippen LogP contribution in [0.5, 0.6) is 0 Å². The summed E-state index contributed by atoms with van der Waals surface area (Å²) in [6.45, 7) is 8.46. The lowest BCUT2D eigenvalue weighted by Gasteiger charge is -1.86. The van der Waals surface area contributed by atoms with Crippen LogP contribution in [0.1, 0.15) is 53.4 Å². The Kier molecular flexibility index (Phi) is 43.8. The van der Waals surface area contributed by atoms with Crippen LogP contribution >= 0.6 is 0 Å². The Hall–Kier alpha value is -1.46. The second kappa shape index (κ2) is 29.2. The molecule has 0 fully saturated rings. The van der Waals surface area contributed by atoms with Gasteiger partial charge in [0.25, 0.3) is 0 Å². The molecule has 0 bridgehead atoms. The van der Waals surface area contributed by atoms with Crippen molar-refractivity contribution in [2.45, 2.75) is 53.4 Å². The fraction of sp³-hybridized carbons (Fsp3) is 0.800. The van der Waals surface area contributed by atoms with Crippen molar-refractivity contribution in [2.75, 3.05) is 0 Å². The van der Waals surface area contributed by atoms with Gasteiger partial charge in [-0.05, 0) is 0 Å². The van der Waals surface area contributed by atoms with Crippen LogP contribution in [0.3, 0.4) is 0 Å².